The Balaban J connectivity index is 1.90. The van der Waals surface area contributed by atoms with E-state index in [9.17, 15) is 18.3 Å². The van der Waals surface area contributed by atoms with Gasteiger partial charge in [-0.2, -0.15) is 4.31 Å². The number of nitrogens with zero attached hydrogens (tertiary/aromatic N) is 1. The first-order valence-corrected chi connectivity index (χ1v) is 9.61. The van der Waals surface area contributed by atoms with Gasteiger partial charge in [0.15, 0.2) is 0 Å². The number of morpholine rings is 1. The number of hydrogen-bond acceptors (Lipinski definition) is 5. The molecule has 2 N–H and O–H groups in total. The number of carbonyl (C=O) groups excluding carboxylic acids is 1. The van der Waals surface area contributed by atoms with E-state index in [1.807, 2.05) is 0 Å². The zero-order chi connectivity index (χ0) is 18.7. The summed E-state index contributed by atoms with van der Waals surface area (Å²) in [6, 6.07) is 10.9. The normalized spacial score (nSPS) is 15.6. The Bertz CT molecular complexity index is 921. The minimum Gasteiger partial charge on any atom is -0.506 e. The van der Waals surface area contributed by atoms with Crippen molar-refractivity contribution in [3.63, 3.8) is 0 Å². The molecule has 0 atom stereocenters. The van der Waals surface area contributed by atoms with E-state index in [1.54, 1.807) is 37.3 Å². The summed E-state index contributed by atoms with van der Waals surface area (Å²) in [6.07, 6.45) is 0. The molecule has 0 spiro atoms. The van der Waals surface area contributed by atoms with Crippen LogP contribution in [-0.4, -0.2) is 50.0 Å². The Kier molecular flexibility index (Phi) is 5.26. The van der Waals surface area contributed by atoms with Gasteiger partial charge in [-0.05, 0) is 36.8 Å². The van der Waals surface area contributed by atoms with Gasteiger partial charge in [0.05, 0.1) is 23.8 Å². The van der Waals surface area contributed by atoms with Gasteiger partial charge in [0.2, 0.25) is 10.0 Å². The van der Waals surface area contributed by atoms with Crippen LogP contribution < -0.4 is 5.32 Å². The number of sulfonamides is 1. The molecule has 3 rings (SSSR count). The van der Waals surface area contributed by atoms with Crippen molar-refractivity contribution in [2.45, 2.75) is 11.8 Å². The fourth-order valence-corrected chi connectivity index (χ4v) is 4.38. The highest BCUT2D eigenvalue weighted by molar-refractivity contribution is 7.89. The lowest BCUT2D eigenvalue weighted by atomic mass is 10.1. The summed E-state index contributed by atoms with van der Waals surface area (Å²) >= 11 is 0. The Labute approximate surface area is 152 Å². The predicted octanol–water partition coefficient (Wildman–Crippen LogP) is 1.97. The topological polar surface area (TPSA) is 95.9 Å². The Morgan fingerprint density at radius 1 is 1.15 bits per heavy atom. The van der Waals surface area contributed by atoms with E-state index in [0.717, 1.165) is 0 Å². The first kappa shape index (κ1) is 18.4. The van der Waals surface area contributed by atoms with Crippen LogP contribution in [-0.2, 0) is 14.8 Å². The smallest absolute Gasteiger partial charge is 0.255 e. The Hall–Kier alpha value is -2.42. The van der Waals surface area contributed by atoms with Crippen LogP contribution in [0.1, 0.15) is 15.9 Å². The maximum atomic E-state index is 12.9. The number of aryl methyl sites for hydroxylation is 1. The van der Waals surface area contributed by atoms with Crippen molar-refractivity contribution in [1.29, 1.82) is 0 Å². The molecule has 1 saturated heterocycles. The zero-order valence-corrected chi connectivity index (χ0v) is 15.1. The fraction of sp³-hybridized carbons (Fsp3) is 0.278. The molecule has 0 aliphatic carbocycles. The number of ether oxygens (including phenoxy) is 1. The molecule has 1 heterocycles. The third kappa shape index (κ3) is 3.72. The lowest BCUT2D eigenvalue weighted by Crippen LogP contribution is -2.40. The van der Waals surface area contributed by atoms with Crippen LogP contribution in [0.15, 0.2) is 47.4 Å². The van der Waals surface area contributed by atoms with Gasteiger partial charge in [-0.1, -0.05) is 18.2 Å². The zero-order valence-electron chi connectivity index (χ0n) is 14.3. The number of aromatic hydroxyl groups is 1. The maximum Gasteiger partial charge on any atom is 0.255 e. The van der Waals surface area contributed by atoms with E-state index in [-0.39, 0.29) is 35.0 Å². The molecule has 138 valence electrons. The van der Waals surface area contributed by atoms with Gasteiger partial charge in [-0.15, -0.1) is 0 Å². The monoisotopic (exact) mass is 376 g/mol. The van der Waals surface area contributed by atoms with Gasteiger partial charge in [0.1, 0.15) is 5.75 Å². The SMILES string of the molecule is Cc1ccc(C(=O)Nc2ccccc2O)cc1S(=O)(=O)N1CCOCC1. The molecular weight excluding hydrogens is 356 g/mol. The number of rotatable bonds is 4. The quantitative estimate of drug-likeness (QED) is 0.796. The van der Waals surface area contributed by atoms with Crippen LogP contribution in [0, 0.1) is 6.92 Å². The van der Waals surface area contributed by atoms with Crippen molar-refractivity contribution < 1.29 is 23.1 Å². The number of carbonyl (C=O) groups is 1. The van der Waals surface area contributed by atoms with Crippen LogP contribution in [0.4, 0.5) is 5.69 Å². The van der Waals surface area contributed by atoms with Crippen molar-refractivity contribution in [3.05, 3.63) is 53.6 Å². The molecule has 1 aliphatic heterocycles. The summed E-state index contributed by atoms with van der Waals surface area (Å²) in [7, 11) is -3.71. The number of hydrogen-bond donors (Lipinski definition) is 2. The van der Waals surface area contributed by atoms with Gasteiger partial charge in [-0.25, -0.2) is 8.42 Å². The molecule has 0 aromatic heterocycles. The summed E-state index contributed by atoms with van der Waals surface area (Å²) in [4.78, 5) is 12.6. The second kappa shape index (κ2) is 7.45. The second-order valence-electron chi connectivity index (χ2n) is 5.97. The molecule has 0 bridgehead atoms. The molecule has 0 saturated carbocycles. The largest absolute Gasteiger partial charge is 0.506 e. The minimum atomic E-state index is -3.71. The summed E-state index contributed by atoms with van der Waals surface area (Å²) < 4.78 is 32.4. The van der Waals surface area contributed by atoms with E-state index >= 15 is 0 Å². The first-order chi connectivity index (χ1) is 12.4. The molecule has 7 nitrogen and oxygen atoms in total. The van der Waals surface area contributed by atoms with E-state index in [1.165, 1.54) is 16.4 Å². The van der Waals surface area contributed by atoms with Crippen molar-refractivity contribution in [2.24, 2.45) is 0 Å². The number of phenolic OH excluding ortho intramolecular Hbond substituents is 1. The number of para-hydroxylation sites is 2. The van der Waals surface area contributed by atoms with Gasteiger partial charge >= 0.3 is 0 Å². The van der Waals surface area contributed by atoms with E-state index < -0.39 is 15.9 Å². The molecule has 0 radical (unpaired) electrons. The third-order valence-electron chi connectivity index (χ3n) is 4.19. The van der Waals surface area contributed by atoms with Crippen molar-refractivity contribution in [1.82, 2.24) is 4.31 Å². The van der Waals surface area contributed by atoms with Crippen molar-refractivity contribution in [3.8, 4) is 5.75 Å². The third-order valence-corrected chi connectivity index (χ3v) is 6.23. The number of nitrogens with one attached hydrogen (secondary N) is 1. The number of benzene rings is 2. The summed E-state index contributed by atoms with van der Waals surface area (Å²) in [6.45, 7) is 2.97. The average Bonchev–Trinajstić information content (AvgIpc) is 2.64. The molecule has 0 unspecified atom stereocenters. The van der Waals surface area contributed by atoms with Crippen LogP contribution in [0.3, 0.4) is 0 Å². The van der Waals surface area contributed by atoms with Gasteiger partial charge in [0.25, 0.3) is 5.91 Å². The predicted molar refractivity (Wildman–Crippen MR) is 96.8 cm³/mol. The summed E-state index contributed by atoms with van der Waals surface area (Å²) in [5.41, 5.74) is 1.02. The van der Waals surface area contributed by atoms with Gasteiger partial charge in [0, 0.05) is 18.7 Å². The fourth-order valence-electron chi connectivity index (χ4n) is 2.72. The van der Waals surface area contributed by atoms with Crippen molar-refractivity contribution in [2.75, 3.05) is 31.6 Å². The highest BCUT2D eigenvalue weighted by atomic mass is 32.2. The van der Waals surface area contributed by atoms with Crippen LogP contribution in [0.2, 0.25) is 0 Å². The molecular formula is C18H20N2O5S. The molecule has 26 heavy (non-hydrogen) atoms. The number of anilines is 1. The van der Waals surface area contributed by atoms with Crippen LogP contribution in [0.5, 0.6) is 5.75 Å². The van der Waals surface area contributed by atoms with Gasteiger partial charge < -0.3 is 15.2 Å². The van der Waals surface area contributed by atoms with Gasteiger partial charge in [-0.3, -0.25) is 4.79 Å². The van der Waals surface area contributed by atoms with Crippen LogP contribution in [0.25, 0.3) is 0 Å². The Morgan fingerprint density at radius 2 is 1.85 bits per heavy atom. The lowest BCUT2D eigenvalue weighted by molar-refractivity contribution is 0.0730. The first-order valence-electron chi connectivity index (χ1n) is 8.17. The highest BCUT2D eigenvalue weighted by Crippen LogP contribution is 2.25. The van der Waals surface area contributed by atoms with Crippen molar-refractivity contribution >= 4 is 21.6 Å². The molecule has 1 fully saturated rings. The highest BCUT2D eigenvalue weighted by Gasteiger charge is 2.28. The van der Waals surface area contributed by atoms with E-state index in [0.29, 0.717) is 18.8 Å². The standard InChI is InChI=1S/C18H20N2O5S/c1-13-6-7-14(18(22)19-15-4-2-3-5-16(15)21)12-17(13)26(23,24)20-8-10-25-11-9-20/h2-7,12,21H,8-11H2,1H3,(H,19,22). The van der Waals surface area contributed by atoms with E-state index in [4.69, 9.17) is 4.74 Å². The van der Waals surface area contributed by atoms with Crippen LogP contribution >= 0.6 is 0 Å². The lowest BCUT2D eigenvalue weighted by Gasteiger charge is -2.26. The molecule has 1 aliphatic rings. The Morgan fingerprint density at radius 3 is 2.54 bits per heavy atom. The number of amides is 1. The summed E-state index contributed by atoms with van der Waals surface area (Å²) in [5, 5.41) is 12.4. The summed E-state index contributed by atoms with van der Waals surface area (Å²) in [5.74, 6) is -0.556. The van der Waals surface area contributed by atoms with E-state index in [2.05, 4.69) is 5.32 Å². The average molecular weight is 376 g/mol. The second-order valence-corrected chi connectivity index (χ2v) is 7.87. The molecule has 1 amide bonds. The molecule has 2 aromatic carbocycles. The maximum absolute atomic E-state index is 12.9. The molecule has 2 aromatic rings. The number of phenols is 1. The minimum absolute atomic E-state index is 0.0610. The molecule has 8 heteroatoms.